The molecule has 0 aromatic carbocycles. The first-order valence-electron chi connectivity index (χ1n) is 8.66. The fourth-order valence-electron chi connectivity index (χ4n) is 1.44. The van der Waals surface area contributed by atoms with E-state index in [1.54, 1.807) is 20.9 Å². The predicted octanol–water partition coefficient (Wildman–Crippen LogP) is 1.42. The second-order valence-electron chi connectivity index (χ2n) is 5.49. The topological polar surface area (TPSA) is 147 Å². The third kappa shape index (κ3) is 15.9. The smallest absolute Gasteiger partial charge is 0.326 e. The number of nitrogens with one attached hydrogen (secondary N) is 4. The van der Waals surface area contributed by atoms with Gasteiger partial charge in [0.1, 0.15) is 6.04 Å². The van der Waals surface area contributed by atoms with E-state index in [9.17, 15) is 9.59 Å². The highest BCUT2D eigenvalue weighted by Gasteiger charge is 2.16. The van der Waals surface area contributed by atoms with Gasteiger partial charge in [0, 0.05) is 13.5 Å². The van der Waals surface area contributed by atoms with E-state index in [4.69, 9.17) is 34.6 Å². The number of aliphatic carboxylic acids is 2. The minimum atomic E-state index is -0.950. The quantitative estimate of drug-likeness (QED) is 0.179. The molecule has 0 heterocycles. The second kappa shape index (κ2) is 16.8. The lowest BCUT2D eigenvalue weighted by molar-refractivity contribution is -0.139. The van der Waals surface area contributed by atoms with Crippen molar-refractivity contribution in [1.29, 1.82) is 0 Å². The molecule has 0 aliphatic carbocycles. The van der Waals surface area contributed by atoms with Crippen molar-refractivity contribution >= 4 is 58.0 Å². The molecule has 1 unspecified atom stereocenters. The highest BCUT2D eigenvalue weighted by atomic mass is 32.1. The van der Waals surface area contributed by atoms with E-state index in [0.29, 0.717) is 29.4 Å². The van der Waals surface area contributed by atoms with Crippen LogP contribution in [-0.4, -0.2) is 56.9 Å². The molecule has 0 amide bonds. The monoisotopic (exact) mass is 434 g/mol. The molecule has 0 radical (unpaired) electrons. The third-order valence-corrected chi connectivity index (χ3v) is 3.55. The SMILES string of the molecule is CCCC(=O)O.CCCC(NC(=S)N/N=C(C)/C(C)=N/NC(=S)NC)C(=O)O. The molecule has 0 bridgehead atoms. The van der Waals surface area contributed by atoms with Crippen LogP contribution < -0.4 is 21.5 Å². The van der Waals surface area contributed by atoms with E-state index in [1.807, 2.05) is 13.8 Å². The van der Waals surface area contributed by atoms with E-state index in [2.05, 4.69) is 31.7 Å². The van der Waals surface area contributed by atoms with Crippen LogP contribution in [0, 0.1) is 0 Å². The average molecular weight is 435 g/mol. The van der Waals surface area contributed by atoms with Crippen molar-refractivity contribution < 1.29 is 19.8 Å². The molecule has 10 nitrogen and oxygen atoms in total. The summed E-state index contributed by atoms with van der Waals surface area (Å²) >= 11 is 9.91. The summed E-state index contributed by atoms with van der Waals surface area (Å²) in [6.07, 6.45) is 2.23. The number of carboxylic acids is 2. The van der Waals surface area contributed by atoms with Gasteiger partial charge in [-0.05, 0) is 51.1 Å². The van der Waals surface area contributed by atoms with Crippen LogP contribution in [0.1, 0.15) is 53.4 Å². The molecule has 0 aliphatic rings. The van der Waals surface area contributed by atoms with Crippen molar-refractivity contribution in [2.75, 3.05) is 7.05 Å². The van der Waals surface area contributed by atoms with Gasteiger partial charge in [-0.15, -0.1) is 0 Å². The Morgan fingerprint density at radius 3 is 1.79 bits per heavy atom. The predicted molar refractivity (Wildman–Crippen MR) is 119 cm³/mol. The standard InChI is InChI=1S/C12H22N6O2S2.C4H8O2/c1-5-6-9(10(19)20)14-12(22)18-16-8(3)7(2)15-17-11(21)13-4;1-2-3-4(5)6/h9H,5-6H2,1-4H3,(H,19,20)(H2,13,17,21)(H2,14,18,22);2-3H2,1H3,(H,5,6)/b15-7+,16-8+;. The maximum absolute atomic E-state index is 11.0. The number of hydrogen-bond donors (Lipinski definition) is 6. The lowest BCUT2D eigenvalue weighted by atomic mass is 10.2. The van der Waals surface area contributed by atoms with Crippen molar-refractivity contribution in [3.8, 4) is 0 Å². The van der Waals surface area contributed by atoms with Gasteiger partial charge in [-0.1, -0.05) is 20.3 Å². The molecule has 0 aromatic rings. The van der Waals surface area contributed by atoms with Gasteiger partial charge in [0.25, 0.3) is 0 Å². The molecule has 12 heteroatoms. The molecule has 6 N–H and O–H groups in total. The van der Waals surface area contributed by atoms with Crippen molar-refractivity contribution in [1.82, 2.24) is 21.5 Å². The van der Waals surface area contributed by atoms with Gasteiger partial charge in [0.15, 0.2) is 10.2 Å². The van der Waals surface area contributed by atoms with Gasteiger partial charge >= 0.3 is 11.9 Å². The summed E-state index contributed by atoms with van der Waals surface area (Å²) < 4.78 is 0. The molecular formula is C16H30N6O4S2. The van der Waals surface area contributed by atoms with Crippen molar-refractivity contribution in [2.24, 2.45) is 10.2 Å². The third-order valence-electron chi connectivity index (χ3n) is 3.05. The van der Waals surface area contributed by atoms with Crippen molar-refractivity contribution in [3.63, 3.8) is 0 Å². The maximum atomic E-state index is 11.0. The van der Waals surface area contributed by atoms with E-state index in [0.717, 1.165) is 12.8 Å². The van der Waals surface area contributed by atoms with Crippen LogP contribution >= 0.6 is 24.4 Å². The Morgan fingerprint density at radius 1 is 0.964 bits per heavy atom. The van der Waals surface area contributed by atoms with Gasteiger partial charge in [-0.25, -0.2) is 4.79 Å². The lowest BCUT2D eigenvalue weighted by Gasteiger charge is -2.15. The highest BCUT2D eigenvalue weighted by Crippen LogP contribution is 1.96. The second-order valence-corrected chi connectivity index (χ2v) is 6.31. The molecule has 160 valence electrons. The fourth-order valence-corrected chi connectivity index (χ4v) is 1.67. The van der Waals surface area contributed by atoms with Crippen LogP contribution in [0.4, 0.5) is 0 Å². The van der Waals surface area contributed by atoms with Crippen molar-refractivity contribution in [2.45, 2.75) is 59.4 Å². The number of carbonyl (C=O) groups is 2. The Bertz CT molecular complexity index is 596. The average Bonchev–Trinajstić information content (AvgIpc) is 2.63. The minimum Gasteiger partial charge on any atom is -0.481 e. The Balaban J connectivity index is 0. The summed E-state index contributed by atoms with van der Waals surface area (Å²) in [4.78, 5) is 20.6. The molecule has 0 saturated heterocycles. The van der Waals surface area contributed by atoms with Gasteiger partial charge < -0.3 is 20.8 Å². The zero-order valence-corrected chi connectivity index (χ0v) is 18.5. The van der Waals surface area contributed by atoms with E-state index in [1.165, 1.54) is 0 Å². The van der Waals surface area contributed by atoms with Gasteiger partial charge in [-0.2, -0.15) is 10.2 Å². The largest absolute Gasteiger partial charge is 0.481 e. The summed E-state index contributed by atoms with van der Waals surface area (Å²) in [6, 6.07) is -0.732. The molecule has 1 atom stereocenters. The number of nitrogens with zero attached hydrogens (tertiary/aromatic N) is 2. The van der Waals surface area contributed by atoms with Crippen molar-refractivity contribution in [3.05, 3.63) is 0 Å². The highest BCUT2D eigenvalue weighted by molar-refractivity contribution is 7.80. The molecule has 0 aliphatic heterocycles. The molecule has 28 heavy (non-hydrogen) atoms. The summed E-state index contributed by atoms with van der Waals surface area (Å²) in [6.45, 7) is 7.23. The fraction of sp³-hybridized carbons (Fsp3) is 0.625. The van der Waals surface area contributed by atoms with E-state index >= 15 is 0 Å². The zero-order chi connectivity index (χ0) is 22.1. The van der Waals surface area contributed by atoms with Crippen LogP contribution in [0.2, 0.25) is 0 Å². The summed E-state index contributed by atoms with van der Waals surface area (Å²) in [5.74, 6) is -1.66. The number of thiocarbonyl (C=S) groups is 2. The maximum Gasteiger partial charge on any atom is 0.326 e. The van der Waals surface area contributed by atoms with Gasteiger partial charge in [0.05, 0.1) is 11.4 Å². The molecule has 0 saturated carbocycles. The van der Waals surface area contributed by atoms with Crippen LogP contribution in [0.3, 0.4) is 0 Å². The Morgan fingerprint density at radius 2 is 1.46 bits per heavy atom. The Hall–Kier alpha value is -2.34. The summed E-state index contributed by atoms with van der Waals surface area (Å²) in [5.41, 5.74) is 6.42. The Labute approximate surface area is 176 Å². The first-order valence-corrected chi connectivity index (χ1v) is 9.48. The number of hydrogen-bond acceptors (Lipinski definition) is 6. The molecular weight excluding hydrogens is 404 g/mol. The molecule has 0 aromatic heterocycles. The first-order chi connectivity index (χ1) is 13.1. The van der Waals surface area contributed by atoms with Crippen LogP contribution in [-0.2, 0) is 9.59 Å². The molecule has 0 fully saturated rings. The summed E-state index contributed by atoms with van der Waals surface area (Å²) in [5, 5.41) is 31.0. The Kier molecular flexibility index (Phi) is 16.7. The normalized spacial score (nSPS) is 12.0. The van der Waals surface area contributed by atoms with Crippen LogP contribution in [0.5, 0.6) is 0 Å². The minimum absolute atomic E-state index is 0.145. The van der Waals surface area contributed by atoms with Crippen LogP contribution in [0.15, 0.2) is 10.2 Å². The number of carboxylic acid groups (broad SMARTS) is 2. The van der Waals surface area contributed by atoms with E-state index in [-0.39, 0.29) is 5.11 Å². The van der Waals surface area contributed by atoms with Gasteiger partial charge in [0.2, 0.25) is 0 Å². The number of hydrazone groups is 2. The zero-order valence-electron chi connectivity index (χ0n) is 16.8. The van der Waals surface area contributed by atoms with Crippen LogP contribution in [0.25, 0.3) is 0 Å². The first kappa shape index (κ1) is 27.9. The summed E-state index contributed by atoms with van der Waals surface area (Å²) in [7, 11) is 1.68. The number of rotatable bonds is 9. The lowest BCUT2D eigenvalue weighted by Crippen LogP contribution is -2.44. The molecule has 0 rings (SSSR count). The molecule has 0 spiro atoms. The van der Waals surface area contributed by atoms with E-state index < -0.39 is 18.0 Å². The van der Waals surface area contributed by atoms with Gasteiger partial charge in [-0.3, -0.25) is 15.6 Å².